The van der Waals surface area contributed by atoms with E-state index in [1.54, 1.807) is 0 Å². The second-order valence-electron chi connectivity index (χ2n) is 3.58. The fourth-order valence-electron chi connectivity index (χ4n) is 1.53. The molecule has 1 aliphatic carbocycles. The fourth-order valence-corrected chi connectivity index (χ4v) is 1.68. The summed E-state index contributed by atoms with van der Waals surface area (Å²) in [6.45, 7) is 2.18. The highest BCUT2D eigenvalue weighted by molar-refractivity contribution is 6.32. The van der Waals surface area contributed by atoms with Gasteiger partial charge in [-0.15, -0.1) is 0 Å². The molecule has 3 N–H and O–H groups in total. The first-order chi connectivity index (χ1) is 6.70. The molecule has 2 atom stereocenters. The number of hydrogen-bond donors (Lipinski definition) is 2. The van der Waals surface area contributed by atoms with E-state index in [4.69, 9.17) is 17.3 Å². The summed E-state index contributed by atoms with van der Waals surface area (Å²) in [7, 11) is 0. The predicted octanol–water partition coefficient (Wildman–Crippen LogP) is 1.92. The third kappa shape index (κ3) is 1.90. The zero-order valence-corrected chi connectivity index (χ0v) is 8.75. The summed E-state index contributed by atoms with van der Waals surface area (Å²) in [6.07, 6.45) is 3.90. The topological polar surface area (TPSA) is 63.8 Å². The maximum absolute atomic E-state index is 5.92. The minimum Gasteiger partial charge on any atom is -0.368 e. The molecule has 1 aliphatic rings. The molecule has 76 valence electrons. The SMILES string of the molecule is CCC1CC1Nc1nc(N)ncc1Cl. The minimum atomic E-state index is 0.255. The van der Waals surface area contributed by atoms with E-state index < -0.39 is 0 Å². The normalized spacial score (nSPS) is 24.7. The third-order valence-electron chi connectivity index (χ3n) is 2.53. The van der Waals surface area contributed by atoms with Crippen molar-refractivity contribution in [3.05, 3.63) is 11.2 Å². The van der Waals surface area contributed by atoms with Crippen LogP contribution in [0.15, 0.2) is 6.20 Å². The molecule has 0 aliphatic heterocycles. The van der Waals surface area contributed by atoms with Crippen LogP contribution in [0.5, 0.6) is 0 Å². The van der Waals surface area contributed by atoms with Crippen molar-refractivity contribution in [2.45, 2.75) is 25.8 Å². The lowest BCUT2D eigenvalue weighted by molar-refractivity contribution is 0.773. The van der Waals surface area contributed by atoms with Gasteiger partial charge in [0, 0.05) is 6.04 Å². The molecule has 0 spiro atoms. The van der Waals surface area contributed by atoms with Gasteiger partial charge < -0.3 is 11.1 Å². The molecule has 2 unspecified atom stereocenters. The van der Waals surface area contributed by atoms with E-state index >= 15 is 0 Å². The van der Waals surface area contributed by atoms with Gasteiger partial charge in [0.25, 0.3) is 0 Å². The molecular formula is C9H13ClN4. The van der Waals surface area contributed by atoms with Crippen LogP contribution in [-0.4, -0.2) is 16.0 Å². The summed E-state index contributed by atoms with van der Waals surface area (Å²) in [6, 6.07) is 0.506. The monoisotopic (exact) mass is 212 g/mol. The van der Waals surface area contributed by atoms with Gasteiger partial charge in [-0.1, -0.05) is 24.9 Å². The third-order valence-corrected chi connectivity index (χ3v) is 2.81. The molecule has 0 amide bonds. The van der Waals surface area contributed by atoms with Gasteiger partial charge in [-0.25, -0.2) is 4.98 Å². The van der Waals surface area contributed by atoms with Gasteiger partial charge in [0.2, 0.25) is 5.95 Å². The lowest BCUT2D eigenvalue weighted by Gasteiger charge is -2.06. The van der Waals surface area contributed by atoms with Gasteiger partial charge in [-0.3, -0.25) is 0 Å². The first-order valence-corrected chi connectivity index (χ1v) is 5.13. The zero-order chi connectivity index (χ0) is 10.1. The summed E-state index contributed by atoms with van der Waals surface area (Å²) in [4.78, 5) is 7.85. The Morgan fingerprint density at radius 2 is 2.50 bits per heavy atom. The standard InChI is InChI=1S/C9H13ClN4/c1-2-5-3-7(5)13-8-6(10)4-12-9(11)14-8/h4-5,7H,2-3H2,1H3,(H3,11,12,13,14). The molecule has 1 aromatic heterocycles. The fraction of sp³-hybridized carbons (Fsp3) is 0.556. The van der Waals surface area contributed by atoms with Gasteiger partial charge in [0.15, 0.2) is 5.82 Å². The molecule has 1 saturated carbocycles. The Kier molecular flexibility index (Phi) is 2.46. The van der Waals surface area contributed by atoms with Crippen LogP contribution < -0.4 is 11.1 Å². The van der Waals surface area contributed by atoms with Crippen LogP contribution in [0.25, 0.3) is 0 Å². The average Bonchev–Trinajstić information content (AvgIpc) is 2.90. The number of rotatable bonds is 3. The molecule has 2 rings (SSSR count). The Hall–Kier alpha value is -1.03. The van der Waals surface area contributed by atoms with Gasteiger partial charge in [-0.05, 0) is 12.3 Å². The Morgan fingerprint density at radius 3 is 3.14 bits per heavy atom. The van der Waals surface area contributed by atoms with Crippen molar-refractivity contribution in [2.75, 3.05) is 11.1 Å². The first-order valence-electron chi connectivity index (χ1n) is 4.75. The summed E-state index contributed by atoms with van der Waals surface area (Å²) < 4.78 is 0. The first kappa shape index (κ1) is 9.52. The summed E-state index contributed by atoms with van der Waals surface area (Å²) in [5.74, 6) is 1.66. The molecule has 0 radical (unpaired) electrons. The maximum atomic E-state index is 5.92. The average molecular weight is 213 g/mol. The summed E-state index contributed by atoms with van der Waals surface area (Å²) in [5, 5.41) is 3.79. The second kappa shape index (κ2) is 3.61. The molecule has 1 fully saturated rings. The van der Waals surface area contributed by atoms with Crippen molar-refractivity contribution in [1.29, 1.82) is 0 Å². The van der Waals surface area contributed by atoms with Crippen LogP contribution in [-0.2, 0) is 0 Å². The smallest absolute Gasteiger partial charge is 0.222 e. The number of nitrogens with zero attached hydrogens (tertiary/aromatic N) is 2. The van der Waals surface area contributed by atoms with Crippen LogP contribution in [0.1, 0.15) is 19.8 Å². The van der Waals surface area contributed by atoms with Crippen LogP contribution in [0.4, 0.5) is 11.8 Å². The van der Waals surface area contributed by atoms with E-state index in [2.05, 4.69) is 22.2 Å². The van der Waals surface area contributed by atoms with Gasteiger partial charge >= 0.3 is 0 Å². The number of anilines is 2. The van der Waals surface area contributed by atoms with Crippen LogP contribution in [0.2, 0.25) is 5.02 Å². The molecule has 14 heavy (non-hydrogen) atoms. The number of hydrogen-bond acceptors (Lipinski definition) is 4. The molecule has 4 nitrogen and oxygen atoms in total. The highest BCUT2D eigenvalue weighted by Crippen LogP contribution is 2.36. The molecule has 0 aromatic carbocycles. The van der Waals surface area contributed by atoms with Gasteiger partial charge in [-0.2, -0.15) is 4.98 Å². The van der Waals surface area contributed by atoms with E-state index in [0.29, 0.717) is 16.9 Å². The summed E-state index contributed by atoms with van der Waals surface area (Å²) in [5.41, 5.74) is 5.47. The van der Waals surface area contributed by atoms with E-state index in [-0.39, 0.29) is 5.95 Å². The van der Waals surface area contributed by atoms with Crippen LogP contribution in [0, 0.1) is 5.92 Å². The second-order valence-corrected chi connectivity index (χ2v) is 3.99. The Balaban J connectivity index is 2.06. The number of halogens is 1. The van der Waals surface area contributed by atoms with Gasteiger partial charge in [0.1, 0.15) is 5.02 Å². The van der Waals surface area contributed by atoms with Crippen molar-refractivity contribution >= 4 is 23.4 Å². The highest BCUT2D eigenvalue weighted by atomic mass is 35.5. The van der Waals surface area contributed by atoms with E-state index in [0.717, 1.165) is 5.92 Å². The van der Waals surface area contributed by atoms with E-state index in [9.17, 15) is 0 Å². The Labute approximate surface area is 87.9 Å². The summed E-state index contributed by atoms with van der Waals surface area (Å²) >= 11 is 5.92. The predicted molar refractivity (Wildman–Crippen MR) is 57.3 cm³/mol. The molecule has 0 saturated heterocycles. The number of nitrogens with one attached hydrogen (secondary N) is 1. The quantitative estimate of drug-likeness (QED) is 0.804. The minimum absolute atomic E-state index is 0.255. The lowest BCUT2D eigenvalue weighted by Crippen LogP contribution is -2.08. The molecule has 5 heteroatoms. The number of nitrogens with two attached hydrogens (primary N) is 1. The van der Waals surface area contributed by atoms with E-state index in [1.807, 2.05) is 0 Å². The van der Waals surface area contributed by atoms with E-state index in [1.165, 1.54) is 19.0 Å². The van der Waals surface area contributed by atoms with Crippen LogP contribution >= 0.6 is 11.6 Å². The lowest BCUT2D eigenvalue weighted by atomic mass is 10.3. The largest absolute Gasteiger partial charge is 0.368 e. The molecule has 0 bridgehead atoms. The molecule has 1 aromatic rings. The number of nitrogen functional groups attached to an aromatic ring is 1. The number of aromatic nitrogens is 2. The van der Waals surface area contributed by atoms with Crippen LogP contribution in [0.3, 0.4) is 0 Å². The van der Waals surface area contributed by atoms with Crippen molar-refractivity contribution < 1.29 is 0 Å². The van der Waals surface area contributed by atoms with Crippen molar-refractivity contribution in [2.24, 2.45) is 5.92 Å². The zero-order valence-electron chi connectivity index (χ0n) is 8.00. The molecular weight excluding hydrogens is 200 g/mol. The van der Waals surface area contributed by atoms with Crippen molar-refractivity contribution in [3.63, 3.8) is 0 Å². The molecule has 1 heterocycles. The Bertz CT molecular complexity index is 342. The van der Waals surface area contributed by atoms with Crippen molar-refractivity contribution in [3.8, 4) is 0 Å². The Morgan fingerprint density at radius 1 is 1.71 bits per heavy atom. The van der Waals surface area contributed by atoms with Crippen molar-refractivity contribution in [1.82, 2.24) is 9.97 Å². The highest BCUT2D eigenvalue weighted by Gasteiger charge is 2.35. The maximum Gasteiger partial charge on any atom is 0.222 e. The van der Waals surface area contributed by atoms with Gasteiger partial charge in [0.05, 0.1) is 6.20 Å².